The van der Waals surface area contributed by atoms with Gasteiger partial charge in [0.05, 0.1) is 49.8 Å². The van der Waals surface area contributed by atoms with Crippen molar-refractivity contribution in [3.63, 3.8) is 0 Å². The molecule has 3 unspecified atom stereocenters. The molecule has 0 fully saturated rings. The number of carbonyl (C=O) groups excluding carboxylic acids is 2. The van der Waals surface area contributed by atoms with Crippen LogP contribution in [0.1, 0.15) is 175 Å². The molecule has 0 bridgehead atoms. The van der Waals surface area contributed by atoms with E-state index in [0.29, 0.717) is 44.3 Å². The van der Waals surface area contributed by atoms with E-state index in [1.54, 1.807) is 62.2 Å². The van der Waals surface area contributed by atoms with Crippen molar-refractivity contribution in [3.8, 4) is 71.5 Å². The molecule has 12 rings (SSSR count). The van der Waals surface area contributed by atoms with Gasteiger partial charge in [-0.2, -0.15) is 0 Å². The monoisotopic (exact) mass is 1720 g/mol. The number of ether oxygens (including phenoxy) is 8. The molecule has 9 heterocycles. The van der Waals surface area contributed by atoms with E-state index in [4.69, 9.17) is 59.5 Å². The number of esters is 2. The topological polar surface area (TPSA) is 265 Å². The largest absolute Gasteiger partial charge is 0.493 e. The van der Waals surface area contributed by atoms with Gasteiger partial charge >= 0.3 is 74.6 Å². The van der Waals surface area contributed by atoms with Crippen molar-refractivity contribution in [2.24, 2.45) is 21.1 Å². The second-order valence-electron chi connectivity index (χ2n) is 30.1. The summed E-state index contributed by atoms with van der Waals surface area (Å²) < 4.78 is 53.1. The average Bonchev–Trinajstić information content (AvgIpc) is 1.59. The van der Waals surface area contributed by atoms with E-state index in [2.05, 4.69) is 35.0 Å². The minimum Gasteiger partial charge on any atom is -0.493 e. The van der Waals surface area contributed by atoms with E-state index in [0.717, 1.165) is 166 Å². The number of nitrogens with zero attached hydrogens (tertiary/aromatic N) is 4. The van der Waals surface area contributed by atoms with E-state index in [9.17, 15) is 33.9 Å². The Balaban J connectivity index is 0.000000192. The van der Waals surface area contributed by atoms with Crippen molar-refractivity contribution < 1.29 is 88.6 Å². The van der Waals surface area contributed by atoms with Crippen LogP contribution >= 0.6 is 45.6 Å². The molecule has 112 heavy (non-hydrogen) atoms. The molecule has 3 aliphatic heterocycles. The number of carbonyl (C=O) groups is 3. The first kappa shape index (κ1) is 89.8. The van der Waals surface area contributed by atoms with Gasteiger partial charge in [-0.05, 0) is 217 Å². The molecule has 3 atom stereocenters. The number of halogens is 2. The summed E-state index contributed by atoms with van der Waals surface area (Å²) in [5.74, 6) is 0.885. The fraction of sp³-hybridized carbons (Fsp3) is 0.447. The van der Waals surface area contributed by atoms with E-state index in [1.165, 1.54) is 67.5 Å². The number of hydrogen-bond acceptors (Lipinski definition) is 20. The maximum atomic E-state index is 13.2. The van der Waals surface area contributed by atoms with Gasteiger partial charge in [0.2, 0.25) is 11.1 Å². The number of fused-ring (bicyclic) bond motifs is 3. The molecule has 0 saturated carbocycles. The first-order valence-corrected chi connectivity index (χ1v) is 44.0. The van der Waals surface area contributed by atoms with E-state index < -0.39 is 65.8 Å². The van der Waals surface area contributed by atoms with Crippen LogP contribution in [0.4, 0.5) is 0 Å². The molecule has 21 nitrogen and oxygen atoms in total. The van der Waals surface area contributed by atoms with Gasteiger partial charge in [-0.3, -0.25) is 9.59 Å². The van der Waals surface area contributed by atoms with Gasteiger partial charge in [0.1, 0.15) is 21.6 Å². The van der Waals surface area contributed by atoms with Gasteiger partial charge in [-0.25, -0.2) is 24.2 Å². The Labute approximate surface area is 684 Å². The normalized spacial score (nSPS) is 13.8. The Morgan fingerprint density at radius 1 is 0.545 bits per heavy atom. The Bertz CT molecular complexity index is 4960. The number of thiophene rings is 3. The Morgan fingerprint density at radius 3 is 1.25 bits per heavy atom. The first-order chi connectivity index (χ1) is 52.9. The van der Waals surface area contributed by atoms with Crippen LogP contribution in [-0.4, -0.2) is 118 Å². The number of carboxylic acids is 1. The Hall–Kier alpha value is -7.77. The summed E-state index contributed by atoms with van der Waals surface area (Å²) >= 11 is 11.8. The smallest absolute Gasteiger partial charge is 0.491 e. The molecule has 0 spiro atoms. The van der Waals surface area contributed by atoms with Crippen molar-refractivity contribution in [2.75, 3.05) is 42.4 Å². The molecule has 6 aromatic heterocycles. The zero-order valence-electron chi connectivity index (χ0n) is 67.6. The molecule has 3 aromatic carbocycles. The van der Waals surface area contributed by atoms with Gasteiger partial charge in [0.25, 0.3) is 0 Å². The number of aliphatic carboxylic acids is 1. The fourth-order valence-electron chi connectivity index (χ4n) is 12.9. The summed E-state index contributed by atoms with van der Waals surface area (Å²) in [4.78, 5) is 83.6. The SMILES string of the molecule is CCC[I-]C.CCOC(=O)C(OC(C)(C)C)c1c(C)sc(-c2ccc(=O)n(C)c2)c1-c1ccc2c(c1)CCCO2.CCOC(=O)C(OC(C)(C)C)c1c(C)sc(Cl)c1-c1ccc2c(c1)CCCO2.Cc1sc(-c2ccc(=O)n(C)c2)c(-c2ccc3c(c2)CCCO3)c1C(OC(C)(C)C)C(=O)O.Cn1cc(B(O)O)cnc1=O. The maximum Gasteiger partial charge on any atom is 0.491 e. The van der Waals surface area contributed by atoms with E-state index in [-0.39, 0.29) is 23.2 Å². The molecule has 3 aliphatic rings. The standard InChI is InChI=1S/C28H33NO5S.C26H29NO5S.C22H27ClO4S.C5H7BN2O3.C4H10I/c1-7-32-27(31)25(34-28(3,4)5)23-17(2)35-26(20-11-13-22(30)29(6)16-20)24(23)19-10-12-21-18(15-19)9-8-14-33-21;1-15-21(23(25(29)30)32-26(2,3)4)22(17-8-10-19-16(13-17)7-6-12-31-19)24(33-15)18-9-11-20(28)27(5)14-18;1-6-25-21(24)19(27-22(3,4)5)17-13(2)28-20(23)18(17)15-9-10-16-14(12-15)8-7-11-26-16;1-8-3-4(6(10)11)2-7-5(8)9;1-3-4-5-2/h10-13,15-16,25H,7-9,14H2,1-6H3;8-11,13-14,23H,6-7,12H2,1-5H3,(H,29,30);9-10,12,19H,6-8,11H2,1-5H3;2-3,10-11H,1H3;3-4H2,1-2H3/q;;;;-1. The second-order valence-corrected chi connectivity index (χ2v) is 37.0. The minimum absolute atomic E-state index is 0.0739. The van der Waals surface area contributed by atoms with Crippen LogP contribution in [0.5, 0.6) is 17.2 Å². The summed E-state index contributed by atoms with van der Waals surface area (Å²) in [5.41, 5.74) is 10.8. The molecular formula is C85H106BClIN4O17S3-. The third kappa shape index (κ3) is 23.7. The van der Waals surface area contributed by atoms with E-state index >= 15 is 0 Å². The van der Waals surface area contributed by atoms with Gasteiger partial charge in [-0.1, -0.05) is 29.8 Å². The number of hydrogen-bond donors (Lipinski definition) is 3. The van der Waals surface area contributed by atoms with Crippen molar-refractivity contribution >= 4 is 76.1 Å². The third-order valence-corrected chi connectivity index (χ3v) is 23.5. The van der Waals surface area contributed by atoms with Crippen molar-refractivity contribution in [3.05, 3.63) is 187 Å². The minimum atomic E-state index is -1.57. The van der Waals surface area contributed by atoms with Crippen molar-refractivity contribution in [1.82, 2.24) is 18.7 Å². The summed E-state index contributed by atoms with van der Waals surface area (Å²) in [6.45, 7) is 31.6. The number of carboxylic acid groups (broad SMARTS) is 1. The van der Waals surface area contributed by atoms with Crippen LogP contribution in [0.3, 0.4) is 0 Å². The van der Waals surface area contributed by atoms with Crippen LogP contribution in [0, 0.1) is 20.8 Å². The number of rotatable bonds is 19. The number of aromatic nitrogens is 4. The summed E-state index contributed by atoms with van der Waals surface area (Å²) in [6, 6.07) is 25.1. The third-order valence-electron chi connectivity index (χ3n) is 17.7. The maximum absolute atomic E-state index is 13.2. The zero-order chi connectivity index (χ0) is 82.3. The van der Waals surface area contributed by atoms with Crippen LogP contribution in [-0.2, 0) is 78.5 Å². The number of aryl methyl sites for hydroxylation is 9. The first-order valence-electron chi connectivity index (χ1n) is 37.5. The molecule has 0 amide bonds. The molecule has 0 saturated heterocycles. The van der Waals surface area contributed by atoms with Crippen molar-refractivity contribution in [2.45, 2.75) is 184 Å². The van der Waals surface area contributed by atoms with Crippen LogP contribution in [0.2, 0.25) is 4.34 Å². The van der Waals surface area contributed by atoms with Gasteiger partial charge in [0.15, 0.2) is 18.3 Å². The number of alkyl halides is 2. The van der Waals surface area contributed by atoms with Crippen LogP contribution < -0.4 is 57.7 Å². The van der Waals surface area contributed by atoms with Gasteiger partial charge in [-0.15, -0.1) is 34.0 Å². The predicted octanol–water partition coefficient (Wildman–Crippen LogP) is 12.9. The zero-order valence-corrected chi connectivity index (χ0v) is 73.0. The molecule has 0 radical (unpaired) electrons. The average molecular weight is 1730 g/mol. The summed E-state index contributed by atoms with van der Waals surface area (Å²) in [5, 5.41) is 27.4. The number of pyridine rings is 2. The molecule has 3 N–H and O–H groups in total. The fourth-order valence-corrected chi connectivity index (χ4v) is 17.8. The van der Waals surface area contributed by atoms with Crippen LogP contribution in [0.15, 0.2) is 118 Å². The molecule has 0 aliphatic carbocycles. The molecule has 604 valence electrons. The van der Waals surface area contributed by atoms with Gasteiger partial charge < -0.3 is 66.8 Å². The molecule has 9 aromatic rings. The second kappa shape index (κ2) is 40.0. The van der Waals surface area contributed by atoms with Crippen LogP contribution in [0.25, 0.3) is 54.3 Å². The summed E-state index contributed by atoms with van der Waals surface area (Å²) in [7, 11) is 3.37. The number of benzene rings is 3. The predicted molar refractivity (Wildman–Crippen MR) is 443 cm³/mol. The quantitative estimate of drug-likeness (QED) is 0.0294. The van der Waals surface area contributed by atoms with E-state index in [1.807, 2.05) is 132 Å². The molecule has 27 heteroatoms. The van der Waals surface area contributed by atoms with Gasteiger partial charge in [0, 0.05) is 132 Å². The Kier molecular flexibility index (Phi) is 32.1. The summed E-state index contributed by atoms with van der Waals surface area (Å²) in [6.07, 6.45) is 10.4. The van der Waals surface area contributed by atoms with Crippen molar-refractivity contribution in [1.29, 1.82) is 0 Å². The Morgan fingerprint density at radius 2 is 0.911 bits per heavy atom. The molecular weight excluding hydrogens is 1620 g/mol.